The van der Waals surface area contributed by atoms with Crippen LogP contribution in [0.3, 0.4) is 0 Å². The van der Waals surface area contributed by atoms with Crippen molar-refractivity contribution in [1.29, 1.82) is 0 Å². The van der Waals surface area contributed by atoms with Gasteiger partial charge in [0.05, 0.1) is 0 Å². The fourth-order valence-electron chi connectivity index (χ4n) is 8.09. The average molecular weight is 326 g/mol. The molecule has 0 aromatic rings. The summed E-state index contributed by atoms with van der Waals surface area (Å²) in [7, 11) is 0. The molecule has 0 aliphatic carbocycles. The Morgan fingerprint density at radius 1 is 0.625 bits per heavy atom. The van der Waals surface area contributed by atoms with Crippen molar-refractivity contribution in [2.75, 3.05) is 0 Å². The normalized spacial score (nSPS) is 38.1. The molecular formula is C22H40B2. The molecule has 0 amide bonds. The van der Waals surface area contributed by atoms with Crippen molar-refractivity contribution in [2.24, 2.45) is 5.41 Å². The van der Waals surface area contributed by atoms with E-state index >= 15 is 0 Å². The van der Waals surface area contributed by atoms with E-state index in [9.17, 15) is 0 Å². The van der Waals surface area contributed by atoms with Crippen molar-refractivity contribution in [1.82, 2.24) is 0 Å². The maximum atomic E-state index is 2.53. The molecule has 0 saturated carbocycles. The molecule has 0 unspecified atom stereocenters. The minimum atomic E-state index is 0.516. The summed E-state index contributed by atoms with van der Waals surface area (Å²) in [6.45, 7) is 9.79. The van der Waals surface area contributed by atoms with Gasteiger partial charge in [-0.2, -0.15) is 0 Å². The first kappa shape index (κ1) is 17.5. The van der Waals surface area contributed by atoms with Gasteiger partial charge in [0.2, 0.25) is 0 Å². The molecule has 2 heteroatoms. The second kappa shape index (κ2) is 7.03. The van der Waals surface area contributed by atoms with Gasteiger partial charge in [0, 0.05) is 0 Å². The van der Waals surface area contributed by atoms with Crippen LogP contribution < -0.4 is 0 Å². The van der Waals surface area contributed by atoms with Crippen LogP contribution in [0.2, 0.25) is 29.0 Å². The van der Waals surface area contributed by atoms with Gasteiger partial charge in [-0.25, -0.2) is 0 Å². The van der Waals surface area contributed by atoms with Crippen LogP contribution in [0.1, 0.15) is 104 Å². The molecule has 0 spiro atoms. The maximum Gasteiger partial charge on any atom is 0.142 e. The molecule has 4 heterocycles. The van der Waals surface area contributed by atoms with Gasteiger partial charge in [-0.15, -0.1) is 0 Å². The first-order valence-electron chi connectivity index (χ1n) is 11.5. The van der Waals surface area contributed by atoms with Crippen LogP contribution in [-0.4, -0.2) is 13.4 Å². The molecule has 0 atom stereocenters. The monoisotopic (exact) mass is 326 g/mol. The summed E-state index contributed by atoms with van der Waals surface area (Å²) in [4.78, 5) is 0. The number of rotatable bonds is 3. The molecule has 4 bridgehead atoms. The van der Waals surface area contributed by atoms with E-state index in [0.717, 1.165) is 42.4 Å². The standard InChI is InChI=1S/C22H40B2/c1-22(2,3)16-21(23-17-8-4-9-18(23)11-5-10-17)24-19-12-6-13-20(24)15-7-14-19/h17-21H,4-16H2,1-3H3. The third kappa shape index (κ3) is 3.50. The smallest absolute Gasteiger partial charge is 0.0815 e. The molecule has 0 aromatic heterocycles. The van der Waals surface area contributed by atoms with E-state index in [0.29, 0.717) is 5.41 Å². The van der Waals surface area contributed by atoms with Crippen molar-refractivity contribution >= 4 is 13.4 Å². The minimum Gasteiger partial charge on any atom is -0.0815 e. The molecule has 24 heavy (non-hydrogen) atoms. The van der Waals surface area contributed by atoms with E-state index in [-0.39, 0.29) is 0 Å². The van der Waals surface area contributed by atoms with Gasteiger partial charge in [-0.3, -0.25) is 0 Å². The quantitative estimate of drug-likeness (QED) is 0.470. The summed E-state index contributed by atoms with van der Waals surface area (Å²) in [6, 6.07) is 0. The van der Waals surface area contributed by atoms with E-state index in [1.54, 1.807) is 77.0 Å². The molecule has 0 nitrogen and oxygen atoms in total. The summed E-state index contributed by atoms with van der Waals surface area (Å²) < 4.78 is 0. The Bertz CT molecular complexity index is 350. The van der Waals surface area contributed by atoms with Gasteiger partial charge >= 0.3 is 0 Å². The van der Waals surface area contributed by atoms with E-state index in [4.69, 9.17) is 0 Å². The van der Waals surface area contributed by atoms with Gasteiger partial charge in [0.1, 0.15) is 13.4 Å². The largest absolute Gasteiger partial charge is 0.142 e. The molecule has 4 aliphatic rings. The zero-order valence-electron chi connectivity index (χ0n) is 16.7. The van der Waals surface area contributed by atoms with Crippen LogP contribution in [0.15, 0.2) is 0 Å². The Morgan fingerprint density at radius 3 is 1.17 bits per heavy atom. The lowest BCUT2D eigenvalue weighted by Crippen LogP contribution is -2.50. The highest BCUT2D eigenvalue weighted by Gasteiger charge is 2.52. The van der Waals surface area contributed by atoms with Crippen LogP contribution in [-0.2, 0) is 0 Å². The Balaban J connectivity index is 1.64. The van der Waals surface area contributed by atoms with Crippen LogP contribution in [0.5, 0.6) is 0 Å². The molecule has 4 saturated heterocycles. The Morgan fingerprint density at radius 2 is 0.917 bits per heavy atom. The van der Waals surface area contributed by atoms with E-state index in [2.05, 4.69) is 20.8 Å². The molecule has 0 N–H and O–H groups in total. The summed E-state index contributed by atoms with van der Waals surface area (Å²) in [5.41, 5.74) is 1.58. The topological polar surface area (TPSA) is 0 Å². The molecule has 4 fully saturated rings. The SMILES string of the molecule is CC(C)(C)CC(B1C2CCCC1CCC2)B1C2CCCC1CCC2. The lowest BCUT2D eigenvalue weighted by molar-refractivity contribution is 0.361. The number of hydrogen-bond acceptors (Lipinski definition) is 0. The second-order valence-electron chi connectivity index (χ2n) is 11.3. The van der Waals surface area contributed by atoms with Gasteiger partial charge in [-0.05, 0) is 5.41 Å². The van der Waals surface area contributed by atoms with Crippen molar-refractivity contribution in [2.45, 2.75) is 133 Å². The molecule has 134 valence electrons. The Hall–Kier alpha value is 0.130. The van der Waals surface area contributed by atoms with Crippen molar-refractivity contribution in [3.05, 3.63) is 0 Å². The molecule has 4 rings (SSSR count). The van der Waals surface area contributed by atoms with Gasteiger partial charge in [0.25, 0.3) is 0 Å². The van der Waals surface area contributed by atoms with Gasteiger partial charge in [-0.1, -0.05) is 133 Å². The highest BCUT2D eigenvalue weighted by atomic mass is 14.3. The third-order valence-electron chi connectivity index (χ3n) is 8.61. The summed E-state index contributed by atoms with van der Waals surface area (Å²) in [6.07, 6.45) is 20.3. The first-order valence-corrected chi connectivity index (χ1v) is 11.5. The van der Waals surface area contributed by atoms with Crippen LogP contribution >= 0.6 is 0 Å². The second-order valence-corrected chi connectivity index (χ2v) is 11.3. The van der Waals surface area contributed by atoms with Crippen LogP contribution in [0.25, 0.3) is 0 Å². The van der Waals surface area contributed by atoms with Crippen molar-refractivity contribution < 1.29 is 0 Å². The van der Waals surface area contributed by atoms with E-state index in [1.807, 2.05) is 0 Å². The highest BCUT2D eigenvalue weighted by Crippen LogP contribution is 2.59. The van der Waals surface area contributed by atoms with Gasteiger partial charge < -0.3 is 0 Å². The maximum absolute atomic E-state index is 2.53. The van der Waals surface area contributed by atoms with Crippen molar-refractivity contribution in [3.63, 3.8) is 0 Å². The lowest BCUT2D eigenvalue weighted by atomic mass is 9.06. The minimum absolute atomic E-state index is 0.516. The summed E-state index contributed by atoms with van der Waals surface area (Å²) in [5, 5.41) is 0. The molecule has 0 radical (unpaired) electrons. The predicted octanol–water partition coefficient (Wildman–Crippen LogP) is 7.54. The first-order chi connectivity index (χ1) is 11.5. The van der Waals surface area contributed by atoms with Crippen LogP contribution in [0.4, 0.5) is 0 Å². The predicted molar refractivity (Wildman–Crippen MR) is 110 cm³/mol. The van der Waals surface area contributed by atoms with E-state index < -0.39 is 0 Å². The zero-order chi connectivity index (χ0) is 16.7. The zero-order valence-corrected chi connectivity index (χ0v) is 16.7. The number of hydrogen-bond donors (Lipinski definition) is 0. The van der Waals surface area contributed by atoms with Gasteiger partial charge in [0.15, 0.2) is 0 Å². The third-order valence-corrected chi connectivity index (χ3v) is 8.61. The molecule has 0 aromatic carbocycles. The fourth-order valence-corrected chi connectivity index (χ4v) is 8.09. The van der Waals surface area contributed by atoms with Crippen molar-refractivity contribution in [3.8, 4) is 0 Å². The Labute approximate surface area is 152 Å². The highest BCUT2D eigenvalue weighted by molar-refractivity contribution is 6.83. The molecule has 4 aliphatic heterocycles. The fraction of sp³-hybridized carbons (Fsp3) is 1.00. The average Bonchev–Trinajstić information content (AvgIpc) is 2.50. The molecular weight excluding hydrogens is 286 g/mol. The summed E-state index contributed by atoms with van der Waals surface area (Å²) in [5.74, 6) is 4.42. The lowest BCUT2D eigenvalue weighted by Gasteiger charge is -2.52. The van der Waals surface area contributed by atoms with Crippen LogP contribution in [0, 0.1) is 5.41 Å². The summed E-state index contributed by atoms with van der Waals surface area (Å²) >= 11 is 0. The van der Waals surface area contributed by atoms with E-state index in [1.165, 1.54) is 6.42 Å². The number of fused-ring (bicyclic) bond motifs is 4. The Kier molecular flexibility index (Phi) is 5.14.